The van der Waals surface area contributed by atoms with E-state index in [9.17, 15) is 18.0 Å². The van der Waals surface area contributed by atoms with Gasteiger partial charge < -0.3 is 20.1 Å². The van der Waals surface area contributed by atoms with Crippen molar-refractivity contribution in [3.63, 3.8) is 0 Å². The summed E-state index contributed by atoms with van der Waals surface area (Å²) in [7, 11) is 1.57. The monoisotopic (exact) mass is 408 g/mol. The number of halogens is 3. The van der Waals surface area contributed by atoms with E-state index in [0.29, 0.717) is 18.7 Å². The van der Waals surface area contributed by atoms with Gasteiger partial charge >= 0.3 is 6.18 Å². The molecule has 0 bridgehead atoms. The van der Waals surface area contributed by atoms with Crippen LogP contribution in [0.2, 0.25) is 0 Å². The third kappa shape index (κ3) is 4.89. The molecule has 0 fully saturated rings. The van der Waals surface area contributed by atoms with Crippen LogP contribution in [0, 0.1) is 0 Å². The lowest BCUT2D eigenvalue weighted by molar-refractivity contribution is -0.201. The van der Waals surface area contributed by atoms with Crippen LogP contribution in [0.3, 0.4) is 0 Å². The molecule has 0 saturated heterocycles. The van der Waals surface area contributed by atoms with E-state index >= 15 is 0 Å². The lowest BCUT2D eigenvalue weighted by Crippen LogP contribution is -2.47. The summed E-state index contributed by atoms with van der Waals surface area (Å²) in [5.74, 6) is 0.340. The molecule has 1 amide bonds. The number of aliphatic hydroxyl groups excluding tert-OH is 1. The van der Waals surface area contributed by atoms with E-state index in [4.69, 9.17) is 9.84 Å². The van der Waals surface area contributed by atoms with Crippen LogP contribution >= 0.6 is 0 Å². The molecule has 8 heteroatoms. The molecule has 2 aromatic carbocycles. The number of amides is 1. The Hall–Kier alpha value is -2.58. The van der Waals surface area contributed by atoms with Crippen molar-refractivity contribution in [1.29, 1.82) is 0 Å². The Morgan fingerprint density at radius 2 is 2.00 bits per heavy atom. The number of fused-ring (bicyclic) bond motifs is 1. The summed E-state index contributed by atoms with van der Waals surface area (Å²) >= 11 is 0. The van der Waals surface area contributed by atoms with Crippen molar-refractivity contribution in [2.75, 3.05) is 26.7 Å². The summed E-state index contributed by atoms with van der Waals surface area (Å²) in [6.07, 6.45) is -6.59. The van der Waals surface area contributed by atoms with Crippen molar-refractivity contribution in [3.8, 4) is 5.75 Å². The Bertz CT molecular complexity index is 843. The number of nitrogens with one attached hydrogen (secondary N) is 1. The summed E-state index contributed by atoms with van der Waals surface area (Å²) in [6, 6.07) is 14.9. The molecule has 3 rings (SSSR count). The molecule has 1 heterocycles. The molecule has 2 aromatic rings. The third-order valence-electron chi connectivity index (χ3n) is 5.01. The SMILES string of the molecule is COc1ccc2c(c1)[C@H](c1ccccc1)N(C(=O)CNCC(O)C(F)(F)F)CC2. The van der Waals surface area contributed by atoms with Gasteiger partial charge in [0, 0.05) is 13.1 Å². The third-order valence-corrected chi connectivity index (χ3v) is 5.01. The first-order valence-corrected chi connectivity index (χ1v) is 9.28. The van der Waals surface area contributed by atoms with E-state index in [-0.39, 0.29) is 18.5 Å². The van der Waals surface area contributed by atoms with Crippen LogP contribution in [-0.2, 0) is 11.2 Å². The van der Waals surface area contributed by atoms with E-state index in [1.54, 1.807) is 12.0 Å². The second-order valence-electron chi connectivity index (χ2n) is 6.90. The van der Waals surface area contributed by atoms with Gasteiger partial charge in [-0.05, 0) is 35.2 Å². The fourth-order valence-electron chi connectivity index (χ4n) is 3.52. The number of carbonyl (C=O) groups excluding carboxylic acids is 1. The molecule has 0 aliphatic carbocycles. The van der Waals surface area contributed by atoms with Gasteiger partial charge in [0.05, 0.1) is 19.7 Å². The van der Waals surface area contributed by atoms with E-state index < -0.39 is 18.8 Å². The Labute approximate surface area is 167 Å². The first-order chi connectivity index (χ1) is 13.8. The highest BCUT2D eigenvalue weighted by Crippen LogP contribution is 2.37. The average Bonchev–Trinajstić information content (AvgIpc) is 2.72. The van der Waals surface area contributed by atoms with Crippen LogP contribution in [0.25, 0.3) is 0 Å². The molecule has 1 unspecified atom stereocenters. The Morgan fingerprint density at radius 3 is 2.66 bits per heavy atom. The fraction of sp³-hybridized carbons (Fsp3) is 0.381. The molecule has 0 radical (unpaired) electrons. The number of aliphatic hydroxyl groups is 1. The minimum atomic E-state index is -4.72. The molecular formula is C21H23F3N2O3. The maximum Gasteiger partial charge on any atom is 0.415 e. The van der Waals surface area contributed by atoms with Gasteiger partial charge in [0.15, 0.2) is 6.10 Å². The van der Waals surface area contributed by atoms with Crippen molar-refractivity contribution >= 4 is 5.91 Å². The molecule has 156 valence electrons. The van der Waals surface area contributed by atoms with Crippen LogP contribution in [-0.4, -0.2) is 54.9 Å². The molecule has 1 aliphatic heterocycles. The molecule has 0 spiro atoms. The summed E-state index contributed by atoms with van der Waals surface area (Å²) < 4.78 is 42.7. The quantitative estimate of drug-likeness (QED) is 0.772. The lowest BCUT2D eigenvalue weighted by Gasteiger charge is -2.38. The van der Waals surface area contributed by atoms with Gasteiger partial charge in [-0.2, -0.15) is 13.2 Å². The van der Waals surface area contributed by atoms with Crippen LogP contribution < -0.4 is 10.1 Å². The van der Waals surface area contributed by atoms with E-state index in [0.717, 1.165) is 16.7 Å². The zero-order valence-corrected chi connectivity index (χ0v) is 15.9. The second kappa shape index (κ2) is 8.84. The number of ether oxygens (including phenoxy) is 1. The van der Waals surface area contributed by atoms with Gasteiger partial charge in [0.1, 0.15) is 5.75 Å². The summed E-state index contributed by atoms with van der Waals surface area (Å²) in [6.45, 7) is -0.583. The number of hydrogen-bond donors (Lipinski definition) is 2. The van der Waals surface area contributed by atoms with Crippen molar-refractivity contribution in [3.05, 3.63) is 65.2 Å². The highest BCUT2D eigenvalue weighted by molar-refractivity contribution is 5.80. The average molecular weight is 408 g/mol. The smallest absolute Gasteiger partial charge is 0.415 e. The maximum atomic E-state index is 12.8. The van der Waals surface area contributed by atoms with E-state index in [2.05, 4.69) is 5.32 Å². The van der Waals surface area contributed by atoms with Crippen molar-refractivity contribution in [2.45, 2.75) is 24.7 Å². The lowest BCUT2D eigenvalue weighted by atomic mass is 9.88. The first-order valence-electron chi connectivity index (χ1n) is 9.28. The number of rotatable bonds is 6. The van der Waals surface area contributed by atoms with Crippen molar-refractivity contribution < 1.29 is 27.8 Å². The zero-order chi connectivity index (χ0) is 21.0. The summed E-state index contributed by atoms with van der Waals surface area (Å²) in [5, 5.41) is 11.5. The Kier molecular flexibility index (Phi) is 6.44. The number of carbonyl (C=O) groups is 1. The van der Waals surface area contributed by atoms with E-state index in [1.165, 1.54) is 0 Å². The van der Waals surface area contributed by atoms with Gasteiger partial charge in [-0.15, -0.1) is 0 Å². The number of methoxy groups -OCH3 is 1. The van der Waals surface area contributed by atoms with Gasteiger partial charge in [-0.25, -0.2) is 0 Å². The van der Waals surface area contributed by atoms with Crippen molar-refractivity contribution in [1.82, 2.24) is 10.2 Å². The van der Waals surface area contributed by atoms with E-state index in [1.807, 2.05) is 48.5 Å². The second-order valence-corrected chi connectivity index (χ2v) is 6.90. The van der Waals surface area contributed by atoms with Gasteiger partial charge in [0.25, 0.3) is 0 Å². The molecule has 29 heavy (non-hydrogen) atoms. The molecule has 2 atom stereocenters. The van der Waals surface area contributed by atoms with Crippen LogP contribution in [0.15, 0.2) is 48.5 Å². The number of nitrogens with zero attached hydrogens (tertiary/aromatic N) is 1. The topological polar surface area (TPSA) is 61.8 Å². The standard InChI is InChI=1S/C21H23F3N2O3/c1-29-16-8-7-14-9-10-26(19(28)13-25-12-18(27)21(22,23)24)20(17(14)11-16)15-5-3-2-4-6-15/h2-8,11,18,20,25,27H,9-10,12-13H2,1H3/t18?,20-/m0/s1. The molecule has 0 saturated carbocycles. The summed E-state index contributed by atoms with van der Waals surface area (Å²) in [5.41, 5.74) is 2.94. The minimum Gasteiger partial charge on any atom is -0.497 e. The molecule has 2 N–H and O–H groups in total. The molecule has 1 aliphatic rings. The summed E-state index contributed by atoms with van der Waals surface area (Å²) in [4.78, 5) is 14.5. The number of alkyl halides is 3. The minimum absolute atomic E-state index is 0.296. The fourth-order valence-corrected chi connectivity index (χ4v) is 3.52. The molecule has 0 aromatic heterocycles. The van der Waals surface area contributed by atoms with Gasteiger partial charge in [0.2, 0.25) is 5.91 Å². The normalized spacial score (nSPS) is 17.6. The van der Waals surface area contributed by atoms with Crippen LogP contribution in [0.5, 0.6) is 5.75 Å². The van der Waals surface area contributed by atoms with Crippen LogP contribution in [0.1, 0.15) is 22.7 Å². The Balaban J connectivity index is 1.82. The predicted octanol–water partition coefficient (Wildman–Crippen LogP) is 2.68. The Morgan fingerprint density at radius 1 is 1.28 bits per heavy atom. The first kappa shape index (κ1) is 21.1. The maximum absolute atomic E-state index is 12.8. The van der Waals surface area contributed by atoms with Crippen molar-refractivity contribution in [2.24, 2.45) is 0 Å². The highest BCUT2D eigenvalue weighted by atomic mass is 19.4. The largest absolute Gasteiger partial charge is 0.497 e. The van der Waals surface area contributed by atoms with Gasteiger partial charge in [-0.1, -0.05) is 36.4 Å². The number of hydrogen-bond acceptors (Lipinski definition) is 4. The zero-order valence-electron chi connectivity index (χ0n) is 15.9. The van der Waals surface area contributed by atoms with Gasteiger partial charge in [-0.3, -0.25) is 4.79 Å². The predicted molar refractivity (Wildman–Crippen MR) is 102 cm³/mol. The highest BCUT2D eigenvalue weighted by Gasteiger charge is 2.38. The molecular weight excluding hydrogens is 385 g/mol. The molecule has 5 nitrogen and oxygen atoms in total. The number of benzene rings is 2. The van der Waals surface area contributed by atoms with Crippen LogP contribution in [0.4, 0.5) is 13.2 Å².